The van der Waals surface area contributed by atoms with Crippen molar-refractivity contribution in [2.75, 3.05) is 13.1 Å². The van der Waals surface area contributed by atoms with E-state index in [1.54, 1.807) is 0 Å². The lowest BCUT2D eigenvalue weighted by molar-refractivity contribution is -0.149. The average molecular weight is 509 g/mol. The van der Waals surface area contributed by atoms with Crippen LogP contribution in [-0.2, 0) is 30.4 Å². The number of likely N-dealkylation sites (tertiary alicyclic amines) is 1. The van der Waals surface area contributed by atoms with Crippen molar-refractivity contribution in [1.82, 2.24) is 25.5 Å². The van der Waals surface area contributed by atoms with Gasteiger partial charge in [0.1, 0.15) is 18.1 Å². The Kier molecular flexibility index (Phi) is 11.3. The minimum absolute atomic E-state index is 0.0330. The zero-order chi connectivity index (χ0) is 26.7. The lowest BCUT2D eigenvalue weighted by Crippen LogP contribution is -2.57. The van der Waals surface area contributed by atoms with Crippen LogP contribution in [0.25, 0.3) is 0 Å². The van der Waals surface area contributed by atoms with Crippen molar-refractivity contribution in [1.29, 1.82) is 0 Å². The van der Waals surface area contributed by atoms with Crippen LogP contribution < -0.4 is 27.8 Å². The molecule has 0 spiro atoms. The van der Waals surface area contributed by atoms with E-state index < -0.39 is 53.8 Å². The number of carboxylic acid groups (broad SMARTS) is 1. The smallest absolute Gasteiger partial charge is 0.326 e. The fraction of sp³-hybridized carbons (Fsp3) is 0.636. The monoisotopic (exact) mass is 508 g/mol. The molecule has 0 aromatic carbocycles. The lowest BCUT2D eigenvalue weighted by atomic mass is 10.0. The maximum Gasteiger partial charge on any atom is 0.326 e. The molecule has 0 radical (unpaired) electrons. The normalized spacial score (nSPS) is 17.7. The Labute approximate surface area is 208 Å². The Hall–Kier alpha value is -3.52. The SMILES string of the molecule is NCCCCC(N)C(=O)NC(Cc1cnc[nH]1)C(=O)NC(CCC(N)=O)C(=O)N1CCCC1C(=O)O. The Balaban J connectivity index is 2.18. The van der Waals surface area contributed by atoms with Crippen LogP contribution in [0.1, 0.15) is 50.6 Å². The third-order valence-electron chi connectivity index (χ3n) is 6.03. The molecular weight excluding hydrogens is 472 g/mol. The first kappa shape index (κ1) is 28.7. The number of aliphatic carboxylic acids is 1. The van der Waals surface area contributed by atoms with Crippen LogP contribution in [0.2, 0.25) is 0 Å². The number of carbonyl (C=O) groups is 5. The number of hydrogen-bond acceptors (Lipinski definition) is 8. The Bertz CT molecular complexity index is 908. The van der Waals surface area contributed by atoms with Gasteiger partial charge in [0.2, 0.25) is 23.6 Å². The zero-order valence-corrected chi connectivity index (χ0v) is 20.2. The third kappa shape index (κ3) is 8.61. The molecule has 14 nitrogen and oxygen atoms in total. The summed E-state index contributed by atoms with van der Waals surface area (Å²) in [7, 11) is 0. The number of hydrogen-bond donors (Lipinski definition) is 7. The number of nitrogens with zero attached hydrogens (tertiary/aromatic N) is 2. The first-order valence-corrected chi connectivity index (χ1v) is 12.0. The number of nitrogens with two attached hydrogens (primary N) is 3. The maximum absolute atomic E-state index is 13.3. The number of H-pyrrole nitrogens is 1. The van der Waals surface area contributed by atoms with Gasteiger partial charge in [0, 0.05) is 31.3 Å². The standard InChI is InChI=1S/C22H36N8O6/c23-8-2-1-4-14(24)19(32)29-16(10-13-11-26-12-27-13)20(33)28-15(6-7-18(25)31)21(34)30-9-3-5-17(30)22(35)36/h11-12,14-17H,1-10,23-24H2,(H2,25,31)(H,26,27)(H,28,33)(H,29,32)(H,35,36). The van der Waals surface area contributed by atoms with Gasteiger partial charge < -0.3 is 42.8 Å². The maximum atomic E-state index is 13.3. The summed E-state index contributed by atoms with van der Waals surface area (Å²) >= 11 is 0. The molecule has 4 amide bonds. The van der Waals surface area contributed by atoms with Gasteiger partial charge in [-0.15, -0.1) is 0 Å². The van der Waals surface area contributed by atoms with Crippen molar-refractivity contribution >= 4 is 29.6 Å². The Morgan fingerprint density at radius 3 is 2.47 bits per heavy atom. The number of nitrogens with one attached hydrogen (secondary N) is 3. The fourth-order valence-electron chi connectivity index (χ4n) is 4.05. The van der Waals surface area contributed by atoms with E-state index in [1.807, 2.05) is 0 Å². The lowest BCUT2D eigenvalue weighted by Gasteiger charge is -2.28. The number of amides is 4. The summed E-state index contributed by atoms with van der Waals surface area (Å²) in [6.07, 6.45) is 5.14. The van der Waals surface area contributed by atoms with Gasteiger partial charge in [0.15, 0.2) is 0 Å². The molecule has 1 aliphatic heterocycles. The topological polar surface area (TPSA) is 240 Å². The van der Waals surface area contributed by atoms with Crippen LogP contribution in [0, 0.1) is 0 Å². The van der Waals surface area contributed by atoms with Gasteiger partial charge in [0.25, 0.3) is 0 Å². The molecule has 0 saturated carbocycles. The molecule has 1 fully saturated rings. The van der Waals surface area contributed by atoms with Crippen LogP contribution in [0.3, 0.4) is 0 Å². The second kappa shape index (κ2) is 14.1. The largest absolute Gasteiger partial charge is 0.480 e. The van der Waals surface area contributed by atoms with Gasteiger partial charge in [-0.05, 0) is 38.6 Å². The zero-order valence-electron chi connectivity index (χ0n) is 20.2. The molecule has 2 heterocycles. The highest BCUT2D eigenvalue weighted by Crippen LogP contribution is 2.19. The highest BCUT2D eigenvalue weighted by Gasteiger charge is 2.38. The van der Waals surface area contributed by atoms with Gasteiger partial charge in [-0.25, -0.2) is 9.78 Å². The van der Waals surface area contributed by atoms with Crippen molar-refractivity contribution in [3.8, 4) is 0 Å². The molecule has 1 saturated heterocycles. The number of unbranched alkanes of at least 4 members (excludes halogenated alkanes) is 1. The number of carboxylic acids is 1. The van der Waals surface area contributed by atoms with E-state index in [1.165, 1.54) is 17.4 Å². The van der Waals surface area contributed by atoms with E-state index in [4.69, 9.17) is 17.2 Å². The molecule has 36 heavy (non-hydrogen) atoms. The highest BCUT2D eigenvalue weighted by atomic mass is 16.4. The fourth-order valence-corrected chi connectivity index (χ4v) is 4.05. The summed E-state index contributed by atoms with van der Waals surface area (Å²) in [6, 6.07) is -4.19. The number of imidazole rings is 1. The van der Waals surface area contributed by atoms with Crippen molar-refractivity contribution in [2.45, 2.75) is 75.5 Å². The van der Waals surface area contributed by atoms with E-state index in [0.29, 0.717) is 37.9 Å². The van der Waals surface area contributed by atoms with Crippen LogP contribution >= 0.6 is 0 Å². The molecule has 4 atom stereocenters. The summed E-state index contributed by atoms with van der Waals surface area (Å²) in [4.78, 5) is 70.0. The minimum Gasteiger partial charge on any atom is -0.480 e. The predicted molar refractivity (Wildman–Crippen MR) is 128 cm³/mol. The predicted octanol–water partition coefficient (Wildman–Crippen LogP) is -2.28. The molecule has 0 aliphatic carbocycles. The van der Waals surface area contributed by atoms with E-state index >= 15 is 0 Å². The van der Waals surface area contributed by atoms with E-state index in [9.17, 15) is 29.1 Å². The summed E-state index contributed by atoms with van der Waals surface area (Å²) in [5.74, 6) is -3.68. The summed E-state index contributed by atoms with van der Waals surface area (Å²) in [6.45, 7) is 0.685. The van der Waals surface area contributed by atoms with Crippen molar-refractivity contribution in [2.24, 2.45) is 17.2 Å². The average Bonchev–Trinajstić information content (AvgIpc) is 3.53. The molecule has 200 valence electrons. The van der Waals surface area contributed by atoms with Crippen molar-refractivity contribution in [3.63, 3.8) is 0 Å². The molecule has 10 N–H and O–H groups in total. The Morgan fingerprint density at radius 2 is 1.86 bits per heavy atom. The molecule has 2 rings (SSSR count). The highest BCUT2D eigenvalue weighted by molar-refractivity contribution is 5.94. The van der Waals surface area contributed by atoms with Crippen LogP contribution in [0.4, 0.5) is 0 Å². The molecule has 1 aromatic heterocycles. The minimum atomic E-state index is -1.20. The third-order valence-corrected chi connectivity index (χ3v) is 6.03. The van der Waals surface area contributed by atoms with Gasteiger partial charge in [-0.1, -0.05) is 6.42 Å². The van der Waals surface area contributed by atoms with Crippen LogP contribution in [0.5, 0.6) is 0 Å². The quantitative estimate of drug-likeness (QED) is 0.126. The molecule has 14 heteroatoms. The molecule has 4 unspecified atom stereocenters. The molecule has 0 bridgehead atoms. The van der Waals surface area contributed by atoms with Crippen molar-refractivity contribution in [3.05, 3.63) is 18.2 Å². The number of aromatic amines is 1. The van der Waals surface area contributed by atoms with Crippen LogP contribution in [0.15, 0.2) is 12.5 Å². The van der Waals surface area contributed by atoms with Gasteiger partial charge in [0.05, 0.1) is 12.4 Å². The first-order chi connectivity index (χ1) is 17.1. The van der Waals surface area contributed by atoms with Gasteiger partial charge in [-0.3, -0.25) is 19.2 Å². The van der Waals surface area contributed by atoms with E-state index in [0.717, 1.165) is 0 Å². The van der Waals surface area contributed by atoms with Gasteiger partial charge in [-0.2, -0.15) is 0 Å². The van der Waals surface area contributed by atoms with E-state index in [2.05, 4.69) is 20.6 Å². The van der Waals surface area contributed by atoms with Gasteiger partial charge >= 0.3 is 5.97 Å². The Morgan fingerprint density at radius 1 is 1.14 bits per heavy atom. The van der Waals surface area contributed by atoms with Crippen LogP contribution in [-0.4, -0.2) is 86.8 Å². The summed E-state index contributed by atoms with van der Waals surface area (Å²) in [5.41, 5.74) is 17.2. The molecular formula is C22H36N8O6. The summed E-state index contributed by atoms with van der Waals surface area (Å²) in [5, 5.41) is 14.6. The molecule has 1 aromatic rings. The van der Waals surface area contributed by atoms with E-state index in [-0.39, 0.29) is 32.2 Å². The number of aromatic nitrogens is 2. The first-order valence-electron chi connectivity index (χ1n) is 12.0. The molecule has 1 aliphatic rings. The number of carbonyl (C=O) groups excluding carboxylic acids is 4. The second-order valence-electron chi connectivity index (χ2n) is 8.83. The number of rotatable bonds is 15. The summed E-state index contributed by atoms with van der Waals surface area (Å²) < 4.78 is 0. The number of primary amides is 1. The second-order valence-corrected chi connectivity index (χ2v) is 8.83. The van der Waals surface area contributed by atoms with Crippen molar-refractivity contribution < 1.29 is 29.1 Å².